The Morgan fingerprint density at radius 1 is 1.18 bits per heavy atom. The number of aromatic amines is 1. The van der Waals surface area contributed by atoms with Gasteiger partial charge in [0.25, 0.3) is 0 Å². The van der Waals surface area contributed by atoms with Crippen molar-refractivity contribution < 1.29 is 9.90 Å². The van der Waals surface area contributed by atoms with Crippen molar-refractivity contribution in [3.05, 3.63) is 74.3 Å². The summed E-state index contributed by atoms with van der Waals surface area (Å²) in [6.07, 6.45) is 5.76. The van der Waals surface area contributed by atoms with Crippen LogP contribution >= 0.6 is 27.7 Å². The molecule has 5 rings (SSSR count). The van der Waals surface area contributed by atoms with Crippen LogP contribution in [0.2, 0.25) is 0 Å². The first-order chi connectivity index (χ1) is 16.0. The summed E-state index contributed by atoms with van der Waals surface area (Å²) >= 11 is 5.07. The maximum atomic E-state index is 11.3. The maximum absolute atomic E-state index is 11.3. The minimum absolute atomic E-state index is 0.183. The lowest BCUT2D eigenvalue weighted by Gasteiger charge is -2.35. The number of allylic oxidation sites excluding steroid dienone is 1. The maximum Gasteiger partial charge on any atom is 0.335 e. The zero-order valence-electron chi connectivity index (χ0n) is 17.7. The molecule has 1 aliphatic heterocycles. The van der Waals surface area contributed by atoms with Crippen LogP contribution in [0.1, 0.15) is 53.8 Å². The van der Waals surface area contributed by atoms with E-state index in [0.717, 1.165) is 33.6 Å². The van der Waals surface area contributed by atoms with Gasteiger partial charge in [0.1, 0.15) is 16.7 Å². The van der Waals surface area contributed by atoms with Gasteiger partial charge in [0.2, 0.25) is 0 Å². The zero-order chi connectivity index (χ0) is 22.9. The van der Waals surface area contributed by atoms with Crippen LogP contribution in [0.4, 0.5) is 0 Å². The van der Waals surface area contributed by atoms with Gasteiger partial charge in [-0.15, -0.1) is 0 Å². The second-order valence-corrected chi connectivity index (χ2v) is 9.98. The van der Waals surface area contributed by atoms with Crippen LogP contribution < -0.4 is 0 Å². The number of nitrogens with zero attached hydrogens (tertiary/aromatic N) is 3. The average molecular weight is 521 g/mol. The fourth-order valence-electron chi connectivity index (χ4n) is 4.51. The van der Waals surface area contributed by atoms with E-state index in [9.17, 15) is 15.2 Å². The molecule has 166 valence electrons. The van der Waals surface area contributed by atoms with E-state index in [1.54, 1.807) is 23.9 Å². The first-order valence-electron chi connectivity index (χ1n) is 10.8. The molecule has 0 saturated heterocycles. The lowest BCUT2D eigenvalue weighted by atomic mass is 9.93. The highest BCUT2D eigenvalue weighted by atomic mass is 79.9. The summed E-state index contributed by atoms with van der Waals surface area (Å²) in [7, 11) is 0. The number of H-pyrrole nitrogens is 1. The van der Waals surface area contributed by atoms with E-state index < -0.39 is 5.97 Å². The summed E-state index contributed by atoms with van der Waals surface area (Å²) in [5, 5.41) is 22.5. The van der Waals surface area contributed by atoms with Gasteiger partial charge in [0.15, 0.2) is 5.82 Å². The summed E-state index contributed by atoms with van der Waals surface area (Å²) in [5.74, 6) is -0.533. The third-order valence-electron chi connectivity index (χ3n) is 6.13. The van der Waals surface area contributed by atoms with Gasteiger partial charge in [-0.25, -0.2) is 9.78 Å². The second kappa shape index (κ2) is 9.08. The van der Waals surface area contributed by atoms with Crippen molar-refractivity contribution in [2.45, 2.75) is 38.1 Å². The average Bonchev–Trinajstić information content (AvgIpc) is 3.45. The molecule has 0 bridgehead atoms. The SMILES string of the molecule is N#C/C(=C1\SC=C(c2ccc(Br)cc2)N1C1CCCCC1)c1nc2ccc(C(=O)O)cc2[nH]1. The number of halogens is 1. The Labute approximate surface area is 204 Å². The highest BCUT2D eigenvalue weighted by Crippen LogP contribution is 2.46. The van der Waals surface area contributed by atoms with Crippen LogP contribution in [0.3, 0.4) is 0 Å². The number of fused-ring (bicyclic) bond motifs is 1. The molecule has 2 N–H and O–H groups in total. The molecule has 2 aromatic carbocycles. The molecule has 1 aliphatic carbocycles. The molecule has 1 saturated carbocycles. The highest BCUT2D eigenvalue weighted by Gasteiger charge is 2.33. The van der Waals surface area contributed by atoms with Gasteiger partial charge in [-0.1, -0.05) is 59.1 Å². The molecule has 8 heteroatoms. The summed E-state index contributed by atoms with van der Waals surface area (Å²) in [6, 6.07) is 15.7. The fourth-order valence-corrected chi connectivity index (χ4v) is 5.87. The van der Waals surface area contributed by atoms with Crippen molar-refractivity contribution in [3.8, 4) is 6.07 Å². The van der Waals surface area contributed by atoms with Gasteiger partial charge < -0.3 is 15.0 Å². The normalized spacial score (nSPS) is 18.3. The third-order valence-corrected chi connectivity index (χ3v) is 7.63. The molecule has 1 aromatic heterocycles. The number of carbonyl (C=O) groups is 1. The molecule has 2 heterocycles. The fraction of sp³-hybridized carbons (Fsp3) is 0.240. The van der Waals surface area contributed by atoms with Crippen LogP contribution in [-0.4, -0.2) is 32.0 Å². The number of rotatable bonds is 4. The largest absolute Gasteiger partial charge is 0.478 e. The van der Waals surface area contributed by atoms with Gasteiger partial charge in [-0.3, -0.25) is 0 Å². The predicted molar refractivity (Wildman–Crippen MR) is 134 cm³/mol. The summed E-state index contributed by atoms with van der Waals surface area (Å²) in [4.78, 5) is 21.5. The van der Waals surface area contributed by atoms with Gasteiger partial charge in [-0.2, -0.15) is 5.26 Å². The summed E-state index contributed by atoms with van der Waals surface area (Å²) in [5.41, 5.74) is 4.11. The zero-order valence-corrected chi connectivity index (χ0v) is 20.1. The topological polar surface area (TPSA) is 93.0 Å². The molecule has 0 atom stereocenters. The van der Waals surface area contributed by atoms with Crippen LogP contribution in [0, 0.1) is 11.3 Å². The van der Waals surface area contributed by atoms with Crippen LogP contribution in [0.5, 0.6) is 0 Å². The number of hydrogen-bond donors (Lipinski definition) is 2. The molecule has 0 spiro atoms. The van der Waals surface area contributed by atoms with Crippen molar-refractivity contribution in [1.29, 1.82) is 5.26 Å². The number of hydrogen-bond acceptors (Lipinski definition) is 5. The van der Waals surface area contributed by atoms with Gasteiger partial charge >= 0.3 is 5.97 Å². The molecule has 6 nitrogen and oxygen atoms in total. The molecule has 3 aromatic rings. The number of nitrogens with one attached hydrogen (secondary N) is 1. The number of aromatic nitrogens is 2. The van der Waals surface area contributed by atoms with E-state index in [4.69, 9.17) is 0 Å². The number of imidazole rings is 1. The first kappa shape index (κ1) is 21.8. The number of aromatic carboxylic acids is 1. The first-order valence-corrected chi connectivity index (χ1v) is 12.5. The van der Waals surface area contributed by atoms with E-state index in [0.29, 0.717) is 28.5 Å². The molecule has 0 radical (unpaired) electrons. The van der Waals surface area contributed by atoms with E-state index in [-0.39, 0.29) is 5.56 Å². The Hall–Kier alpha value is -3.02. The number of carboxylic acid groups (broad SMARTS) is 1. The standard InChI is InChI=1S/C25H21BrN4O2S/c26-17-9-6-15(7-10-17)22-14-33-24(30(22)18-4-2-1-3-5-18)19(13-27)23-28-20-11-8-16(25(31)32)12-21(20)29-23/h6-12,14,18H,1-5H2,(H,28,29)(H,31,32)/b24-19+. The molecule has 33 heavy (non-hydrogen) atoms. The predicted octanol–water partition coefficient (Wildman–Crippen LogP) is 6.60. The third kappa shape index (κ3) is 4.19. The second-order valence-electron chi connectivity index (χ2n) is 8.20. The van der Waals surface area contributed by atoms with E-state index in [1.165, 1.54) is 25.3 Å². The molecule has 0 unspecified atom stereocenters. The van der Waals surface area contributed by atoms with Gasteiger partial charge in [0.05, 0.1) is 22.3 Å². The van der Waals surface area contributed by atoms with E-state index in [1.807, 2.05) is 12.1 Å². The molecule has 2 aliphatic rings. The number of nitriles is 1. The van der Waals surface area contributed by atoms with Crippen LogP contribution in [0.25, 0.3) is 22.3 Å². The Bertz CT molecular complexity index is 1330. The molecular weight excluding hydrogens is 500 g/mol. The molecule has 0 amide bonds. The number of carboxylic acids is 1. The van der Waals surface area contributed by atoms with Crippen molar-refractivity contribution in [2.24, 2.45) is 0 Å². The molecular formula is C25H21BrN4O2S. The van der Waals surface area contributed by atoms with E-state index >= 15 is 0 Å². The van der Waals surface area contributed by atoms with Gasteiger partial charge in [-0.05, 0) is 48.7 Å². The Balaban J connectivity index is 1.60. The van der Waals surface area contributed by atoms with Crippen molar-refractivity contribution in [1.82, 2.24) is 14.9 Å². The minimum Gasteiger partial charge on any atom is -0.478 e. The molecule has 1 fully saturated rings. The highest BCUT2D eigenvalue weighted by molar-refractivity contribution is 9.10. The smallest absolute Gasteiger partial charge is 0.335 e. The Kier molecular flexibility index (Phi) is 6.00. The van der Waals surface area contributed by atoms with Crippen molar-refractivity contribution in [2.75, 3.05) is 0 Å². The monoisotopic (exact) mass is 520 g/mol. The number of benzene rings is 2. The van der Waals surface area contributed by atoms with Gasteiger partial charge in [0, 0.05) is 15.9 Å². The van der Waals surface area contributed by atoms with E-state index in [2.05, 4.69) is 54.4 Å². The Morgan fingerprint density at radius 2 is 1.94 bits per heavy atom. The number of thioether (sulfide) groups is 1. The van der Waals surface area contributed by atoms with Crippen molar-refractivity contribution >= 4 is 56.0 Å². The van der Waals surface area contributed by atoms with Crippen LogP contribution in [-0.2, 0) is 0 Å². The lowest BCUT2D eigenvalue weighted by Crippen LogP contribution is -2.32. The Morgan fingerprint density at radius 3 is 2.64 bits per heavy atom. The minimum atomic E-state index is -0.995. The lowest BCUT2D eigenvalue weighted by molar-refractivity contribution is 0.0697. The van der Waals surface area contributed by atoms with Crippen molar-refractivity contribution in [3.63, 3.8) is 0 Å². The van der Waals surface area contributed by atoms with Crippen LogP contribution in [0.15, 0.2) is 57.4 Å². The quantitative estimate of drug-likeness (QED) is 0.376. The summed E-state index contributed by atoms with van der Waals surface area (Å²) in [6.45, 7) is 0. The summed E-state index contributed by atoms with van der Waals surface area (Å²) < 4.78 is 1.03.